The predicted molar refractivity (Wildman–Crippen MR) is 162 cm³/mol. The van der Waals surface area contributed by atoms with Crippen molar-refractivity contribution in [3.63, 3.8) is 0 Å². The molecule has 11 nitrogen and oxygen atoms in total. The van der Waals surface area contributed by atoms with Crippen molar-refractivity contribution in [2.75, 3.05) is 76.7 Å². The molecule has 0 unspecified atom stereocenters. The zero-order valence-corrected chi connectivity index (χ0v) is 25.8. The first-order chi connectivity index (χ1) is 19.7. The number of amides is 2. The van der Waals surface area contributed by atoms with Gasteiger partial charge in [-0.05, 0) is 38.6 Å². The maximum absolute atomic E-state index is 13.5. The molecule has 3 aromatic rings. The summed E-state index contributed by atoms with van der Waals surface area (Å²) in [6.45, 7) is 11.4. The summed E-state index contributed by atoms with van der Waals surface area (Å²) in [5.74, 6) is 2.85. The van der Waals surface area contributed by atoms with Gasteiger partial charge in [0.1, 0.15) is 23.2 Å². The minimum atomic E-state index is -0.0890. The van der Waals surface area contributed by atoms with Crippen LogP contribution in [0, 0.1) is 13.8 Å². The van der Waals surface area contributed by atoms with Gasteiger partial charge in [0.15, 0.2) is 5.13 Å². The van der Waals surface area contributed by atoms with Gasteiger partial charge in [-0.3, -0.25) is 9.59 Å². The van der Waals surface area contributed by atoms with E-state index in [4.69, 9.17) is 4.74 Å². The van der Waals surface area contributed by atoms with Crippen LogP contribution in [0.1, 0.15) is 28.7 Å². The molecular formula is C28H36N8O3S2. The number of aromatic nitrogens is 3. The van der Waals surface area contributed by atoms with E-state index in [-0.39, 0.29) is 11.8 Å². The monoisotopic (exact) mass is 596 g/mol. The molecule has 4 heterocycles. The minimum Gasteiger partial charge on any atom is -0.496 e. The highest BCUT2D eigenvalue weighted by atomic mass is 32.2. The van der Waals surface area contributed by atoms with Crippen LogP contribution in [0.5, 0.6) is 5.75 Å². The maximum atomic E-state index is 13.5. The SMILES string of the molecule is COc1cc(C)c(Sc2cnc(Nc3cc(N4CCN(C)CC4)nc(C)n3)s2)cc1C(=O)N1CCN(C(C)=O)CC1. The standard InChI is InChI=1S/C28H36N8O3S2/c1-18-14-22(39-5)21(27(38)36-12-10-34(11-13-36)20(3)37)15-23(18)40-26-17-29-28(41-26)32-24-16-25(31-19(2)30-24)35-8-6-33(4)7-9-35/h14-17H,6-13H2,1-5H3,(H,29,30,31,32). The van der Waals surface area contributed by atoms with E-state index in [2.05, 4.69) is 37.1 Å². The van der Waals surface area contributed by atoms with Crippen LogP contribution in [0.4, 0.5) is 16.8 Å². The van der Waals surface area contributed by atoms with Gasteiger partial charge in [-0.15, -0.1) is 0 Å². The number of hydrogen-bond donors (Lipinski definition) is 1. The average molecular weight is 597 g/mol. The lowest BCUT2D eigenvalue weighted by molar-refractivity contribution is -0.130. The number of aryl methyl sites for hydroxylation is 2. The Balaban J connectivity index is 1.29. The number of nitrogens with zero attached hydrogens (tertiary/aromatic N) is 7. The zero-order valence-electron chi connectivity index (χ0n) is 24.1. The van der Waals surface area contributed by atoms with E-state index in [1.54, 1.807) is 35.6 Å². The van der Waals surface area contributed by atoms with Crippen molar-refractivity contribution >= 4 is 51.7 Å². The second-order valence-corrected chi connectivity index (χ2v) is 12.6. The number of carbonyl (C=O) groups excluding carboxylic acids is 2. The Hall–Kier alpha value is -3.42. The van der Waals surface area contributed by atoms with Crippen LogP contribution in [-0.2, 0) is 4.79 Å². The third-order valence-electron chi connectivity index (χ3n) is 7.32. The number of nitrogens with one attached hydrogen (secondary N) is 1. The van der Waals surface area contributed by atoms with E-state index in [0.717, 1.165) is 57.6 Å². The summed E-state index contributed by atoms with van der Waals surface area (Å²) in [7, 11) is 3.72. The van der Waals surface area contributed by atoms with Crippen LogP contribution in [0.3, 0.4) is 0 Å². The Bertz CT molecular complexity index is 1420. The van der Waals surface area contributed by atoms with E-state index in [9.17, 15) is 9.59 Å². The Morgan fingerprint density at radius 3 is 2.37 bits per heavy atom. The number of likely N-dealkylation sites (N-methyl/N-ethyl adjacent to an activating group) is 1. The summed E-state index contributed by atoms with van der Waals surface area (Å²) in [5, 5.41) is 4.09. The molecule has 5 rings (SSSR count). The summed E-state index contributed by atoms with van der Waals surface area (Å²) < 4.78 is 6.57. The summed E-state index contributed by atoms with van der Waals surface area (Å²) in [5.41, 5.74) is 1.53. The van der Waals surface area contributed by atoms with Gasteiger partial charge in [-0.2, -0.15) is 0 Å². The number of benzene rings is 1. The number of carbonyl (C=O) groups is 2. The van der Waals surface area contributed by atoms with E-state index >= 15 is 0 Å². The Morgan fingerprint density at radius 1 is 0.976 bits per heavy atom. The number of anilines is 3. The molecule has 218 valence electrons. The van der Waals surface area contributed by atoms with Crippen molar-refractivity contribution in [3.05, 3.63) is 41.3 Å². The van der Waals surface area contributed by atoms with Gasteiger partial charge >= 0.3 is 0 Å². The molecule has 1 aromatic carbocycles. The highest BCUT2D eigenvalue weighted by molar-refractivity contribution is 8.01. The Kier molecular flexibility index (Phi) is 8.95. The third-order valence-corrected chi connectivity index (χ3v) is 9.50. The number of piperazine rings is 2. The van der Waals surface area contributed by atoms with Crippen molar-refractivity contribution in [3.8, 4) is 5.75 Å². The molecule has 2 aliphatic heterocycles. The van der Waals surface area contributed by atoms with Crippen molar-refractivity contribution in [2.24, 2.45) is 0 Å². The fourth-order valence-electron chi connectivity index (χ4n) is 4.90. The number of hydrogen-bond acceptors (Lipinski definition) is 11. The van der Waals surface area contributed by atoms with E-state index in [1.807, 2.05) is 38.2 Å². The molecule has 0 spiro atoms. The Labute approximate surface area is 248 Å². The van der Waals surface area contributed by atoms with Gasteiger partial charge in [0.05, 0.1) is 23.1 Å². The first kappa shape index (κ1) is 29.1. The first-order valence-corrected chi connectivity index (χ1v) is 15.3. The van der Waals surface area contributed by atoms with E-state index in [1.165, 1.54) is 11.3 Å². The van der Waals surface area contributed by atoms with Gasteiger partial charge < -0.3 is 29.7 Å². The molecule has 2 aliphatic rings. The van der Waals surface area contributed by atoms with Gasteiger partial charge in [-0.1, -0.05) is 23.1 Å². The summed E-state index contributed by atoms with van der Waals surface area (Å²) in [6, 6.07) is 5.79. The van der Waals surface area contributed by atoms with Crippen LogP contribution < -0.4 is 15.0 Å². The topological polar surface area (TPSA) is 107 Å². The van der Waals surface area contributed by atoms with Crippen LogP contribution in [0.15, 0.2) is 33.5 Å². The van der Waals surface area contributed by atoms with Crippen LogP contribution in [0.2, 0.25) is 0 Å². The summed E-state index contributed by atoms with van der Waals surface area (Å²) >= 11 is 3.10. The molecule has 0 aliphatic carbocycles. The minimum absolute atomic E-state index is 0.0347. The second kappa shape index (κ2) is 12.6. The number of ether oxygens (including phenoxy) is 1. The molecule has 1 N–H and O–H groups in total. The fourth-order valence-corrected chi connectivity index (χ4v) is 6.85. The average Bonchev–Trinajstić information content (AvgIpc) is 3.40. The number of thiazole rings is 1. The van der Waals surface area contributed by atoms with Gasteiger partial charge in [0.25, 0.3) is 5.91 Å². The summed E-state index contributed by atoms with van der Waals surface area (Å²) in [6.07, 6.45) is 1.83. The van der Waals surface area contributed by atoms with Crippen molar-refractivity contribution in [1.82, 2.24) is 29.7 Å². The quantitative estimate of drug-likeness (QED) is 0.436. The van der Waals surface area contributed by atoms with Crippen LogP contribution >= 0.6 is 23.1 Å². The molecule has 0 saturated carbocycles. The van der Waals surface area contributed by atoms with Crippen molar-refractivity contribution in [2.45, 2.75) is 29.9 Å². The summed E-state index contributed by atoms with van der Waals surface area (Å²) in [4.78, 5) is 48.1. The molecule has 13 heteroatoms. The van der Waals surface area contributed by atoms with Gasteiger partial charge in [-0.25, -0.2) is 15.0 Å². The van der Waals surface area contributed by atoms with Gasteiger partial charge in [0.2, 0.25) is 5.91 Å². The van der Waals surface area contributed by atoms with Crippen LogP contribution in [0.25, 0.3) is 0 Å². The smallest absolute Gasteiger partial charge is 0.257 e. The highest BCUT2D eigenvalue weighted by Gasteiger charge is 2.26. The fraction of sp³-hybridized carbons (Fsp3) is 0.464. The number of methoxy groups -OCH3 is 1. The predicted octanol–water partition coefficient (Wildman–Crippen LogP) is 3.51. The van der Waals surface area contributed by atoms with Crippen molar-refractivity contribution < 1.29 is 14.3 Å². The Morgan fingerprint density at radius 2 is 1.68 bits per heavy atom. The largest absolute Gasteiger partial charge is 0.496 e. The lowest BCUT2D eigenvalue weighted by atomic mass is 10.1. The molecule has 0 radical (unpaired) electrons. The third kappa shape index (κ3) is 6.91. The normalized spacial score (nSPS) is 16.2. The maximum Gasteiger partial charge on any atom is 0.257 e. The molecule has 41 heavy (non-hydrogen) atoms. The highest BCUT2D eigenvalue weighted by Crippen LogP contribution is 2.39. The van der Waals surface area contributed by atoms with Crippen LogP contribution in [-0.4, -0.2) is 108 Å². The molecule has 2 aromatic heterocycles. The molecule has 2 fully saturated rings. The zero-order chi connectivity index (χ0) is 29.1. The number of rotatable bonds is 7. The lowest BCUT2D eigenvalue weighted by Crippen LogP contribution is -2.50. The molecule has 2 amide bonds. The molecule has 0 bridgehead atoms. The van der Waals surface area contributed by atoms with Crippen molar-refractivity contribution in [1.29, 1.82) is 0 Å². The second-order valence-electron chi connectivity index (χ2n) is 10.3. The molecular weight excluding hydrogens is 560 g/mol. The lowest BCUT2D eigenvalue weighted by Gasteiger charge is -2.34. The van der Waals surface area contributed by atoms with Gasteiger partial charge in [0, 0.05) is 70.2 Å². The molecule has 0 atom stereocenters. The molecule has 2 saturated heterocycles. The van der Waals surface area contributed by atoms with E-state index < -0.39 is 0 Å². The first-order valence-electron chi connectivity index (χ1n) is 13.6. The van der Waals surface area contributed by atoms with E-state index in [0.29, 0.717) is 43.3 Å².